The highest BCUT2D eigenvalue weighted by molar-refractivity contribution is 9.13. The Bertz CT molecular complexity index is 781. The Hall–Kier alpha value is -2.20. The highest BCUT2D eigenvalue weighted by Crippen LogP contribution is 2.41. The topological polar surface area (TPSA) is 110 Å². The first-order chi connectivity index (χ1) is 11.4. The van der Waals surface area contributed by atoms with Crippen molar-refractivity contribution in [3.63, 3.8) is 0 Å². The van der Waals surface area contributed by atoms with Gasteiger partial charge < -0.3 is 9.84 Å². The summed E-state index contributed by atoms with van der Waals surface area (Å²) < 4.78 is 6.40. The second-order valence-corrected chi connectivity index (χ2v) is 5.99. The van der Waals surface area contributed by atoms with Crippen molar-refractivity contribution in [2.75, 3.05) is 12.0 Å². The Balaban J connectivity index is 2.18. The second-order valence-electron chi connectivity index (χ2n) is 4.40. The number of pyridine rings is 1. The molecule has 0 unspecified atom stereocenters. The van der Waals surface area contributed by atoms with Gasteiger partial charge in [-0.3, -0.25) is 15.5 Å². The summed E-state index contributed by atoms with van der Waals surface area (Å²) in [4.78, 5) is 13.9. The van der Waals surface area contributed by atoms with Crippen molar-refractivity contribution in [3.8, 4) is 11.5 Å². The van der Waals surface area contributed by atoms with E-state index in [1.54, 1.807) is 6.07 Å². The Morgan fingerprint density at radius 3 is 2.79 bits per heavy atom. The summed E-state index contributed by atoms with van der Waals surface area (Å²) in [6.45, 7) is 2.22. The Labute approximate surface area is 154 Å². The van der Waals surface area contributed by atoms with Gasteiger partial charge in [-0.05, 0) is 50.9 Å². The molecule has 0 saturated carbocycles. The highest BCUT2D eigenvalue weighted by Gasteiger charge is 2.14. The molecular weight excluding hydrogens is 448 g/mol. The van der Waals surface area contributed by atoms with E-state index in [0.29, 0.717) is 32.7 Å². The minimum absolute atomic E-state index is 0.00845. The molecule has 0 fully saturated rings. The average Bonchev–Trinajstić information content (AvgIpc) is 2.57. The quantitative estimate of drug-likeness (QED) is 0.382. The number of nitrogens with zero attached hydrogens (tertiary/aromatic N) is 3. The van der Waals surface area contributed by atoms with Crippen molar-refractivity contribution >= 4 is 49.6 Å². The predicted molar refractivity (Wildman–Crippen MR) is 96.8 cm³/mol. The summed E-state index contributed by atoms with van der Waals surface area (Å²) >= 11 is 6.63. The van der Waals surface area contributed by atoms with Crippen LogP contribution >= 0.6 is 31.9 Å². The number of halogens is 2. The molecule has 0 bridgehead atoms. The van der Waals surface area contributed by atoms with Gasteiger partial charge in [0, 0.05) is 16.1 Å². The van der Waals surface area contributed by atoms with Gasteiger partial charge in [0.2, 0.25) is 0 Å². The maximum atomic E-state index is 10.6. The molecule has 0 saturated heterocycles. The van der Waals surface area contributed by atoms with Gasteiger partial charge >= 0.3 is 0 Å². The Morgan fingerprint density at radius 1 is 1.46 bits per heavy atom. The molecule has 1 aromatic heterocycles. The molecule has 10 heteroatoms. The minimum Gasteiger partial charge on any atom is -0.503 e. The third kappa shape index (κ3) is 4.20. The van der Waals surface area contributed by atoms with Crippen molar-refractivity contribution in [2.24, 2.45) is 5.10 Å². The lowest BCUT2D eigenvalue weighted by atomic mass is 10.2. The van der Waals surface area contributed by atoms with Crippen molar-refractivity contribution in [3.05, 3.63) is 49.0 Å². The van der Waals surface area contributed by atoms with Crippen molar-refractivity contribution in [1.29, 1.82) is 0 Å². The molecule has 0 atom stereocenters. The number of rotatable bonds is 6. The van der Waals surface area contributed by atoms with Crippen LogP contribution in [0.15, 0.2) is 38.4 Å². The van der Waals surface area contributed by atoms with Gasteiger partial charge in [0.25, 0.3) is 5.69 Å². The molecule has 0 amide bonds. The largest absolute Gasteiger partial charge is 0.503 e. The summed E-state index contributed by atoms with van der Waals surface area (Å²) in [7, 11) is 0. The first-order valence-corrected chi connectivity index (χ1v) is 8.26. The number of nitrogens with one attached hydrogen (secondary N) is 1. The number of phenols is 1. The van der Waals surface area contributed by atoms with Crippen LogP contribution in [0.25, 0.3) is 0 Å². The molecule has 2 N–H and O–H groups in total. The fourth-order valence-corrected chi connectivity index (χ4v) is 2.53. The van der Waals surface area contributed by atoms with Gasteiger partial charge in [-0.2, -0.15) is 5.10 Å². The van der Waals surface area contributed by atoms with Gasteiger partial charge in [-0.15, -0.1) is 0 Å². The first-order valence-electron chi connectivity index (χ1n) is 6.67. The van der Waals surface area contributed by atoms with Crippen LogP contribution in [0.4, 0.5) is 11.5 Å². The van der Waals surface area contributed by atoms with Crippen molar-refractivity contribution in [2.45, 2.75) is 6.92 Å². The molecule has 0 spiro atoms. The number of phenolic OH excluding ortho intramolecular Hbond substituents is 1. The lowest BCUT2D eigenvalue weighted by Crippen LogP contribution is -1.97. The number of aromatic hydroxyl groups is 1. The van der Waals surface area contributed by atoms with Crippen LogP contribution in [-0.4, -0.2) is 27.8 Å². The molecule has 126 valence electrons. The van der Waals surface area contributed by atoms with Crippen LogP contribution in [-0.2, 0) is 0 Å². The molecule has 8 nitrogen and oxygen atoms in total. The summed E-state index contributed by atoms with van der Waals surface area (Å²) in [6.07, 6.45) is 2.64. The fraction of sp³-hybridized carbons (Fsp3) is 0.143. The van der Waals surface area contributed by atoms with Crippen LogP contribution < -0.4 is 10.2 Å². The zero-order valence-corrected chi connectivity index (χ0v) is 15.5. The van der Waals surface area contributed by atoms with E-state index in [1.807, 2.05) is 6.92 Å². The van der Waals surface area contributed by atoms with Crippen LogP contribution in [0.2, 0.25) is 0 Å². The smallest absolute Gasteiger partial charge is 0.287 e. The molecule has 0 aliphatic heterocycles. The zero-order valence-electron chi connectivity index (χ0n) is 12.4. The van der Waals surface area contributed by atoms with Crippen LogP contribution in [0.3, 0.4) is 0 Å². The lowest BCUT2D eigenvalue weighted by Gasteiger charge is -2.10. The van der Waals surface area contributed by atoms with Crippen LogP contribution in [0.1, 0.15) is 12.5 Å². The summed E-state index contributed by atoms with van der Waals surface area (Å²) in [5, 5.41) is 24.6. The van der Waals surface area contributed by atoms with Crippen LogP contribution in [0.5, 0.6) is 11.5 Å². The minimum atomic E-state index is -0.527. The molecule has 1 aromatic carbocycles. The number of aromatic nitrogens is 1. The highest BCUT2D eigenvalue weighted by atomic mass is 79.9. The molecule has 24 heavy (non-hydrogen) atoms. The van der Waals surface area contributed by atoms with E-state index in [-0.39, 0.29) is 11.4 Å². The van der Waals surface area contributed by atoms with Gasteiger partial charge in [0.1, 0.15) is 12.0 Å². The second kappa shape index (κ2) is 8.06. The maximum Gasteiger partial charge on any atom is 0.287 e. The number of nitro groups is 1. The van der Waals surface area contributed by atoms with Crippen molar-refractivity contribution < 1.29 is 14.8 Å². The molecule has 2 aromatic rings. The van der Waals surface area contributed by atoms with E-state index in [4.69, 9.17) is 4.74 Å². The standard InChI is InChI=1S/C14H12Br2N4O4/c1-2-24-10-5-8(12(15)13(16)14(10)21)6-18-19-11-4-3-9(7-17-11)20(22)23/h3-7,21H,2H2,1H3,(H,17,19)/b18-6+. The third-order valence-corrected chi connectivity index (χ3v) is 4.97. The SMILES string of the molecule is CCOc1cc(/C=N/Nc2ccc([N+](=O)[O-])cn2)c(Br)c(Br)c1O. The van der Waals surface area contributed by atoms with E-state index in [0.717, 1.165) is 6.20 Å². The summed E-state index contributed by atoms with van der Waals surface area (Å²) in [5.41, 5.74) is 3.22. The molecule has 0 radical (unpaired) electrons. The molecular formula is C14H12Br2N4O4. The van der Waals surface area contributed by atoms with Crippen LogP contribution in [0, 0.1) is 10.1 Å². The number of anilines is 1. The van der Waals surface area contributed by atoms with Gasteiger partial charge in [0.15, 0.2) is 11.5 Å². The number of hydrazone groups is 1. The van der Waals surface area contributed by atoms with E-state index in [1.165, 1.54) is 18.3 Å². The maximum absolute atomic E-state index is 10.6. The van der Waals surface area contributed by atoms with Gasteiger partial charge in [0.05, 0.1) is 22.2 Å². The molecule has 2 rings (SSSR count). The third-order valence-electron chi connectivity index (χ3n) is 2.82. The Morgan fingerprint density at radius 2 is 2.21 bits per heavy atom. The monoisotopic (exact) mass is 458 g/mol. The van der Waals surface area contributed by atoms with E-state index >= 15 is 0 Å². The number of hydrogen-bond acceptors (Lipinski definition) is 7. The first kappa shape index (κ1) is 18.1. The summed E-state index contributed by atoms with van der Waals surface area (Å²) in [6, 6.07) is 4.40. The van der Waals surface area contributed by atoms with Gasteiger partial charge in [-0.25, -0.2) is 4.98 Å². The Kier molecular flexibility index (Phi) is 6.10. The number of hydrogen-bond donors (Lipinski definition) is 2. The lowest BCUT2D eigenvalue weighted by molar-refractivity contribution is -0.385. The van der Waals surface area contributed by atoms with Crippen molar-refractivity contribution in [1.82, 2.24) is 4.98 Å². The fourth-order valence-electron chi connectivity index (χ4n) is 1.70. The summed E-state index contributed by atoms with van der Waals surface area (Å²) in [5.74, 6) is 0.671. The van der Waals surface area contributed by atoms with E-state index < -0.39 is 4.92 Å². The zero-order chi connectivity index (χ0) is 17.7. The molecule has 0 aliphatic carbocycles. The normalized spacial score (nSPS) is 10.8. The number of ether oxygens (including phenoxy) is 1. The van der Waals surface area contributed by atoms with E-state index in [9.17, 15) is 15.2 Å². The average molecular weight is 460 g/mol. The molecule has 1 heterocycles. The predicted octanol–water partition coefficient (Wildman–Crippen LogP) is 4.07. The molecule has 0 aliphatic rings. The number of benzene rings is 1. The van der Waals surface area contributed by atoms with E-state index in [2.05, 4.69) is 47.4 Å². The van der Waals surface area contributed by atoms with Gasteiger partial charge in [-0.1, -0.05) is 0 Å².